The van der Waals surface area contributed by atoms with Crippen LogP contribution in [-0.4, -0.2) is 47.2 Å². The lowest BCUT2D eigenvalue weighted by Crippen LogP contribution is -2.61. The quantitative estimate of drug-likeness (QED) is 0.689. The number of rotatable bonds is 5. The van der Waals surface area contributed by atoms with Crippen LogP contribution in [0.3, 0.4) is 0 Å². The summed E-state index contributed by atoms with van der Waals surface area (Å²) in [5.74, 6) is -0.722. The van der Waals surface area contributed by atoms with Crippen LogP contribution in [-0.2, 0) is 4.79 Å². The summed E-state index contributed by atoms with van der Waals surface area (Å²) >= 11 is 0. The first-order chi connectivity index (χ1) is 7.43. The number of nitrogens with one attached hydrogen (secondary N) is 1. The largest absolute Gasteiger partial charge is 0.481 e. The molecule has 0 radical (unpaired) electrons. The normalized spacial score (nSPS) is 25.2. The van der Waals surface area contributed by atoms with Crippen LogP contribution in [0.4, 0.5) is 0 Å². The molecule has 1 aliphatic heterocycles. The third-order valence-corrected chi connectivity index (χ3v) is 2.79. The molecule has 16 heavy (non-hydrogen) atoms. The maximum Gasteiger partial charge on any atom is 0.303 e. The summed E-state index contributed by atoms with van der Waals surface area (Å²) in [6.45, 7) is 10.8. The van der Waals surface area contributed by atoms with Crippen LogP contribution in [0.25, 0.3) is 0 Å². The highest BCUT2D eigenvalue weighted by atomic mass is 16.4. The Balaban J connectivity index is 2.50. The molecule has 0 aromatic rings. The molecule has 1 unspecified atom stereocenters. The standard InChI is InChI=1S/C12H22N2O2/c1-4-7-14-8-10(5-6-11(15)16)13-12(2,3)9-14/h4,10,13H,1,5-9H2,2-3H3,(H,15,16). The Morgan fingerprint density at radius 3 is 2.94 bits per heavy atom. The van der Waals surface area contributed by atoms with Crippen LogP contribution < -0.4 is 5.32 Å². The minimum Gasteiger partial charge on any atom is -0.481 e. The van der Waals surface area contributed by atoms with Crippen LogP contribution in [0.2, 0.25) is 0 Å². The highest BCUT2D eigenvalue weighted by Gasteiger charge is 2.31. The van der Waals surface area contributed by atoms with Crippen molar-refractivity contribution in [1.82, 2.24) is 10.2 Å². The average molecular weight is 226 g/mol. The Hall–Kier alpha value is -0.870. The van der Waals surface area contributed by atoms with E-state index in [0.717, 1.165) is 19.6 Å². The molecule has 1 aliphatic rings. The molecule has 0 aliphatic carbocycles. The van der Waals surface area contributed by atoms with Crippen LogP contribution in [0.1, 0.15) is 26.7 Å². The summed E-state index contributed by atoms with van der Waals surface area (Å²) in [7, 11) is 0. The second-order valence-corrected chi connectivity index (χ2v) is 5.14. The lowest BCUT2D eigenvalue weighted by Gasteiger charge is -2.43. The second kappa shape index (κ2) is 5.46. The van der Waals surface area contributed by atoms with Gasteiger partial charge in [0.15, 0.2) is 0 Å². The van der Waals surface area contributed by atoms with E-state index >= 15 is 0 Å². The fraction of sp³-hybridized carbons (Fsp3) is 0.750. The molecule has 4 heteroatoms. The smallest absolute Gasteiger partial charge is 0.303 e. The second-order valence-electron chi connectivity index (χ2n) is 5.14. The van der Waals surface area contributed by atoms with Gasteiger partial charge in [0.25, 0.3) is 0 Å². The lowest BCUT2D eigenvalue weighted by atomic mass is 9.96. The number of carboxylic acid groups (broad SMARTS) is 1. The van der Waals surface area contributed by atoms with Gasteiger partial charge in [0, 0.05) is 37.6 Å². The van der Waals surface area contributed by atoms with E-state index in [1.165, 1.54) is 0 Å². The third kappa shape index (κ3) is 4.33. The molecule has 0 amide bonds. The molecular weight excluding hydrogens is 204 g/mol. The first-order valence-electron chi connectivity index (χ1n) is 5.76. The summed E-state index contributed by atoms with van der Waals surface area (Å²) in [6, 6.07) is 0.264. The molecule has 1 fully saturated rings. The number of piperazine rings is 1. The molecule has 1 rings (SSSR count). The number of aliphatic carboxylic acids is 1. The van der Waals surface area contributed by atoms with Gasteiger partial charge in [-0.3, -0.25) is 9.69 Å². The van der Waals surface area contributed by atoms with Crippen molar-refractivity contribution in [2.75, 3.05) is 19.6 Å². The number of hydrogen-bond donors (Lipinski definition) is 2. The average Bonchev–Trinajstić information content (AvgIpc) is 2.12. The SMILES string of the molecule is C=CCN1CC(CCC(=O)O)NC(C)(C)C1. The van der Waals surface area contributed by atoms with Crippen molar-refractivity contribution in [2.24, 2.45) is 0 Å². The maximum absolute atomic E-state index is 10.6. The van der Waals surface area contributed by atoms with Gasteiger partial charge in [-0.15, -0.1) is 6.58 Å². The molecule has 2 N–H and O–H groups in total. The fourth-order valence-electron chi connectivity index (χ4n) is 2.36. The Bertz CT molecular complexity index is 264. The van der Waals surface area contributed by atoms with Gasteiger partial charge in [-0.2, -0.15) is 0 Å². The van der Waals surface area contributed by atoms with E-state index in [-0.39, 0.29) is 18.0 Å². The zero-order chi connectivity index (χ0) is 12.2. The molecule has 0 aromatic carbocycles. The number of hydrogen-bond acceptors (Lipinski definition) is 3. The van der Waals surface area contributed by atoms with E-state index in [0.29, 0.717) is 6.42 Å². The highest BCUT2D eigenvalue weighted by Crippen LogP contribution is 2.16. The third-order valence-electron chi connectivity index (χ3n) is 2.79. The predicted molar refractivity (Wildman–Crippen MR) is 64.5 cm³/mol. The molecule has 0 aromatic heterocycles. The van der Waals surface area contributed by atoms with Crippen molar-refractivity contribution in [3.05, 3.63) is 12.7 Å². The minimum absolute atomic E-state index is 0.0461. The Morgan fingerprint density at radius 2 is 2.38 bits per heavy atom. The summed E-state index contributed by atoms with van der Waals surface area (Å²) < 4.78 is 0. The van der Waals surface area contributed by atoms with Crippen LogP contribution in [0, 0.1) is 0 Å². The van der Waals surface area contributed by atoms with Crippen LogP contribution in [0.15, 0.2) is 12.7 Å². The number of nitrogens with zero attached hydrogens (tertiary/aromatic N) is 1. The Labute approximate surface area is 97.3 Å². The van der Waals surface area contributed by atoms with Crippen molar-refractivity contribution >= 4 is 5.97 Å². The molecule has 0 saturated carbocycles. The van der Waals surface area contributed by atoms with Crippen molar-refractivity contribution in [2.45, 2.75) is 38.3 Å². The first kappa shape index (κ1) is 13.2. The van der Waals surface area contributed by atoms with Crippen LogP contribution >= 0.6 is 0 Å². The van der Waals surface area contributed by atoms with Gasteiger partial charge in [-0.05, 0) is 20.3 Å². The van der Waals surface area contributed by atoms with E-state index in [1.807, 2.05) is 6.08 Å². The van der Waals surface area contributed by atoms with Crippen molar-refractivity contribution < 1.29 is 9.90 Å². The molecule has 0 spiro atoms. The van der Waals surface area contributed by atoms with Crippen molar-refractivity contribution in [3.63, 3.8) is 0 Å². The molecule has 92 valence electrons. The lowest BCUT2D eigenvalue weighted by molar-refractivity contribution is -0.137. The summed E-state index contributed by atoms with van der Waals surface area (Å²) in [4.78, 5) is 12.9. The molecular formula is C12H22N2O2. The Kier molecular flexibility index (Phi) is 4.50. The van der Waals surface area contributed by atoms with Crippen molar-refractivity contribution in [3.8, 4) is 0 Å². The van der Waals surface area contributed by atoms with E-state index in [9.17, 15) is 4.79 Å². The van der Waals surface area contributed by atoms with Gasteiger partial charge in [0.1, 0.15) is 0 Å². The number of carbonyl (C=O) groups is 1. The predicted octanol–water partition coefficient (Wildman–Crippen LogP) is 1.09. The number of carboxylic acids is 1. The highest BCUT2D eigenvalue weighted by molar-refractivity contribution is 5.66. The van der Waals surface area contributed by atoms with Crippen molar-refractivity contribution in [1.29, 1.82) is 0 Å². The monoisotopic (exact) mass is 226 g/mol. The minimum atomic E-state index is -0.722. The summed E-state index contributed by atoms with van der Waals surface area (Å²) in [5.41, 5.74) is 0.0461. The van der Waals surface area contributed by atoms with E-state index < -0.39 is 5.97 Å². The first-order valence-corrected chi connectivity index (χ1v) is 5.76. The zero-order valence-electron chi connectivity index (χ0n) is 10.2. The molecule has 0 bridgehead atoms. The fourth-order valence-corrected chi connectivity index (χ4v) is 2.36. The molecule has 1 atom stereocenters. The summed E-state index contributed by atoms with van der Waals surface area (Å²) in [5, 5.41) is 12.2. The molecule has 1 heterocycles. The topological polar surface area (TPSA) is 52.6 Å². The van der Waals surface area contributed by atoms with Gasteiger partial charge in [-0.1, -0.05) is 6.08 Å². The maximum atomic E-state index is 10.6. The van der Waals surface area contributed by atoms with Gasteiger partial charge >= 0.3 is 5.97 Å². The van der Waals surface area contributed by atoms with E-state index in [1.54, 1.807) is 0 Å². The van der Waals surface area contributed by atoms with Gasteiger partial charge in [0.05, 0.1) is 0 Å². The molecule has 4 nitrogen and oxygen atoms in total. The van der Waals surface area contributed by atoms with Gasteiger partial charge in [-0.25, -0.2) is 0 Å². The van der Waals surface area contributed by atoms with E-state index in [2.05, 4.69) is 30.6 Å². The molecule has 1 saturated heterocycles. The van der Waals surface area contributed by atoms with Crippen LogP contribution in [0.5, 0.6) is 0 Å². The van der Waals surface area contributed by atoms with Gasteiger partial charge in [0.2, 0.25) is 0 Å². The summed E-state index contributed by atoms with van der Waals surface area (Å²) in [6.07, 6.45) is 2.82. The van der Waals surface area contributed by atoms with E-state index in [4.69, 9.17) is 5.11 Å². The Morgan fingerprint density at radius 1 is 1.69 bits per heavy atom. The zero-order valence-corrected chi connectivity index (χ0v) is 10.2. The van der Waals surface area contributed by atoms with Gasteiger partial charge < -0.3 is 10.4 Å².